The average Bonchev–Trinajstić information content (AvgIpc) is 3.18. The van der Waals surface area contributed by atoms with E-state index in [1.165, 1.54) is 37.7 Å². The van der Waals surface area contributed by atoms with Gasteiger partial charge in [-0.05, 0) is 12.1 Å². The molecular weight excluding hydrogens is 385 g/mol. The number of carbonyl (C=O) groups excluding carboxylic acids is 1. The molecule has 2 aromatic heterocycles. The summed E-state index contributed by atoms with van der Waals surface area (Å²) in [6.07, 6.45) is 0. The molecule has 28 heavy (non-hydrogen) atoms. The number of piperazine rings is 1. The van der Waals surface area contributed by atoms with Gasteiger partial charge in [-0.15, -0.1) is 0 Å². The maximum Gasteiger partial charge on any atom is 0.320 e. The van der Waals surface area contributed by atoms with Crippen LogP contribution in [0.4, 0.5) is 9.52 Å². The van der Waals surface area contributed by atoms with E-state index < -0.39 is 0 Å². The number of benzene rings is 1. The molecule has 0 bridgehead atoms. The second-order valence-electron chi connectivity index (χ2n) is 6.14. The predicted molar refractivity (Wildman–Crippen MR) is 103 cm³/mol. The molecule has 3 heterocycles. The van der Waals surface area contributed by atoms with Gasteiger partial charge in [0.25, 0.3) is 5.91 Å². The number of carbonyl (C=O) groups is 1. The second-order valence-corrected chi connectivity index (χ2v) is 7.15. The lowest BCUT2D eigenvalue weighted by Gasteiger charge is -2.34. The SMILES string of the molecule is COc1cc(C(=O)N2CCN(c3nc4c(F)cccc4s3)CC2)nc(OC)n1. The summed E-state index contributed by atoms with van der Waals surface area (Å²) in [5.74, 6) is -0.264. The number of aromatic nitrogens is 3. The summed E-state index contributed by atoms with van der Waals surface area (Å²) in [5, 5.41) is 0.762. The Hall–Kier alpha value is -3.01. The maximum atomic E-state index is 13.9. The Morgan fingerprint density at radius 1 is 1.11 bits per heavy atom. The molecule has 3 aromatic rings. The van der Waals surface area contributed by atoms with E-state index in [0.29, 0.717) is 31.7 Å². The van der Waals surface area contributed by atoms with Crippen LogP contribution in [0.3, 0.4) is 0 Å². The Balaban J connectivity index is 1.47. The van der Waals surface area contributed by atoms with Crippen molar-refractivity contribution < 1.29 is 18.7 Å². The number of para-hydroxylation sites is 1. The number of methoxy groups -OCH3 is 2. The molecule has 0 spiro atoms. The van der Waals surface area contributed by atoms with Gasteiger partial charge in [0.05, 0.1) is 18.9 Å². The van der Waals surface area contributed by atoms with Crippen LogP contribution in [-0.4, -0.2) is 66.2 Å². The van der Waals surface area contributed by atoms with E-state index in [1.807, 2.05) is 6.07 Å². The van der Waals surface area contributed by atoms with E-state index in [0.717, 1.165) is 9.83 Å². The summed E-state index contributed by atoms with van der Waals surface area (Å²) in [6.45, 7) is 2.22. The van der Waals surface area contributed by atoms with Gasteiger partial charge in [0.2, 0.25) is 5.88 Å². The van der Waals surface area contributed by atoms with Gasteiger partial charge >= 0.3 is 6.01 Å². The second kappa shape index (κ2) is 7.55. The molecule has 1 amide bonds. The molecule has 146 valence electrons. The molecule has 0 saturated carbocycles. The molecule has 4 rings (SSSR count). The highest BCUT2D eigenvalue weighted by Gasteiger charge is 2.26. The first kappa shape index (κ1) is 18.4. The summed E-state index contributed by atoms with van der Waals surface area (Å²) >= 11 is 1.45. The minimum atomic E-state index is -0.319. The third-order valence-corrected chi connectivity index (χ3v) is 5.57. The molecule has 1 aliphatic heterocycles. The summed E-state index contributed by atoms with van der Waals surface area (Å²) in [7, 11) is 2.90. The Labute approximate surface area is 164 Å². The summed E-state index contributed by atoms with van der Waals surface area (Å²) in [5.41, 5.74) is 0.611. The predicted octanol–water partition coefficient (Wildman–Crippen LogP) is 2.21. The number of thiazole rings is 1. The average molecular weight is 403 g/mol. The molecule has 0 unspecified atom stereocenters. The van der Waals surface area contributed by atoms with Crippen molar-refractivity contribution in [2.24, 2.45) is 0 Å². The first-order valence-electron chi connectivity index (χ1n) is 8.65. The summed E-state index contributed by atoms with van der Waals surface area (Å²) in [4.78, 5) is 29.1. The van der Waals surface area contributed by atoms with E-state index in [2.05, 4.69) is 19.9 Å². The third-order valence-electron chi connectivity index (χ3n) is 4.49. The Morgan fingerprint density at radius 2 is 1.89 bits per heavy atom. The van der Waals surface area contributed by atoms with Crippen molar-refractivity contribution in [3.63, 3.8) is 0 Å². The van der Waals surface area contributed by atoms with E-state index in [9.17, 15) is 9.18 Å². The van der Waals surface area contributed by atoms with Gasteiger partial charge in [-0.2, -0.15) is 9.97 Å². The highest BCUT2D eigenvalue weighted by molar-refractivity contribution is 7.22. The number of fused-ring (bicyclic) bond motifs is 1. The van der Waals surface area contributed by atoms with Crippen LogP contribution >= 0.6 is 11.3 Å². The smallest absolute Gasteiger partial charge is 0.320 e. The van der Waals surface area contributed by atoms with E-state index in [4.69, 9.17) is 9.47 Å². The largest absolute Gasteiger partial charge is 0.481 e. The van der Waals surface area contributed by atoms with Crippen LogP contribution in [0.2, 0.25) is 0 Å². The number of amides is 1. The Morgan fingerprint density at radius 3 is 2.57 bits per heavy atom. The summed E-state index contributed by atoms with van der Waals surface area (Å²) in [6, 6.07) is 6.52. The molecule has 0 aliphatic carbocycles. The number of ether oxygens (including phenoxy) is 2. The fourth-order valence-electron chi connectivity index (χ4n) is 3.01. The van der Waals surface area contributed by atoms with Gasteiger partial charge in [-0.1, -0.05) is 17.4 Å². The van der Waals surface area contributed by atoms with Crippen LogP contribution in [0, 0.1) is 5.82 Å². The molecule has 10 heteroatoms. The van der Waals surface area contributed by atoms with Gasteiger partial charge in [0, 0.05) is 32.2 Å². The minimum Gasteiger partial charge on any atom is -0.481 e. The van der Waals surface area contributed by atoms with Crippen LogP contribution < -0.4 is 14.4 Å². The van der Waals surface area contributed by atoms with Crippen molar-refractivity contribution in [2.75, 3.05) is 45.3 Å². The molecule has 1 aliphatic rings. The van der Waals surface area contributed by atoms with Gasteiger partial charge < -0.3 is 19.3 Å². The van der Waals surface area contributed by atoms with Crippen LogP contribution in [0.1, 0.15) is 10.5 Å². The van der Waals surface area contributed by atoms with Crippen LogP contribution in [0.25, 0.3) is 10.2 Å². The fraction of sp³-hybridized carbons (Fsp3) is 0.333. The quantitative estimate of drug-likeness (QED) is 0.661. The normalized spacial score (nSPS) is 14.4. The molecule has 1 aromatic carbocycles. The first-order valence-corrected chi connectivity index (χ1v) is 9.47. The van der Waals surface area contributed by atoms with E-state index in [1.54, 1.807) is 11.0 Å². The van der Waals surface area contributed by atoms with Crippen molar-refractivity contribution in [3.8, 4) is 11.9 Å². The zero-order chi connectivity index (χ0) is 19.7. The number of hydrogen-bond donors (Lipinski definition) is 0. The fourth-order valence-corrected chi connectivity index (χ4v) is 4.04. The summed E-state index contributed by atoms with van der Waals surface area (Å²) < 4.78 is 24.8. The van der Waals surface area contributed by atoms with Crippen LogP contribution in [-0.2, 0) is 0 Å². The number of anilines is 1. The zero-order valence-corrected chi connectivity index (χ0v) is 16.2. The monoisotopic (exact) mass is 403 g/mol. The van der Waals surface area contributed by atoms with Crippen molar-refractivity contribution >= 4 is 32.6 Å². The first-order chi connectivity index (χ1) is 13.6. The van der Waals surface area contributed by atoms with Gasteiger partial charge in [0.1, 0.15) is 17.0 Å². The van der Waals surface area contributed by atoms with Crippen molar-refractivity contribution in [2.45, 2.75) is 0 Å². The lowest BCUT2D eigenvalue weighted by atomic mass is 10.2. The van der Waals surface area contributed by atoms with Gasteiger partial charge in [-0.3, -0.25) is 4.79 Å². The van der Waals surface area contributed by atoms with Crippen molar-refractivity contribution in [3.05, 3.63) is 35.8 Å². The third kappa shape index (κ3) is 3.42. The molecule has 0 atom stereocenters. The number of nitrogens with zero attached hydrogens (tertiary/aromatic N) is 5. The number of rotatable bonds is 4. The highest BCUT2D eigenvalue weighted by Crippen LogP contribution is 2.30. The Kier molecular flexibility index (Phi) is 4.95. The van der Waals surface area contributed by atoms with Crippen LogP contribution in [0.15, 0.2) is 24.3 Å². The molecule has 0 radical (unpaired) electrons. The molecule has 0 N–H and O–H groups in total. The van der Waals surface area contributed by atoms with Crippen LogP contribution in [0.5, 0.6) is 11.9 Å². The standard InChI is InChI=1S/C18H18FN5O3S/c1-26-14-10-12(20-17(21-14)27-2)16(25)23-6-8-24(9-7-23)18-22-15-11(19)4-3-5-13(15)28-18/h3-5,10H,6-9H2,1-2H3. The maximum absolute atomic E-state index is 13.9. The van der Waals surface area contributed by atoms with Crippen molar-refractivity contribution in [1.82, 2.24) is 19.9 Å². The van der Waals surface area contributed by atoms with Crippen molar-refractivity contribution in [1.29, 1.82) is 0 Å². The van der Waals surface area contributed by atoms with Gasteiger partial charge in [-0.25, -0.2) is 9.37 Å². The molecule has 1 fully saturated rings. The van der Waals surface area contributed by atoms with E-state index in [-0.39, 0.29) is 29.3 Å². The lowest BCUT2D eigenvalue weighted by Crippen LogP contribution is -2.49. The lowest BCUT2D eigenvalue weighted by molar-refractivity contribution is 0.0739. The molecule has 8 nitrogen and oxygen atoms in total. The zero-order valence-electron chi connectivity index (χ0n) is 15.4. The highest BCUT2D eigenvalue weighted by atomic mass is 32.1. The molecule has 1 saturated heterocycles. The molecular formula is C18H18FN5O3S. The topological polar surface area (TPSA) is 80.7 Å². The van der Waals surface area contributed by atoms with E-state index >= 15 is 0 Å². The van der Waals surface area contributed by atoms with Gasteiger partial charge in [0.15, 0.2) is 5.13 Å². The minimum absolute atomic E-state index is 0.0813. The Bertz CT molecular complexity index is 997. The number of halogens is 1. The number of hydrogen-bond acceptors (Lipinski definition) is 8.